The maximum atomic E-state index is 13.4. The summed E-state index contributed by atoms with van der Waals surface area (Å²) in [7, 11) is 0. The molecule has 0 bridgehead atoms. The molecule has 3 aromatic heterocycles. The lowest BCUT2D eigenvalue weighted by Crippen LogP contribution is -2.25. The normalized spacial score (nSPS) is 15.8. The molecule has 0 aliphatic carbocycles. The van der Waals surface area contributed by atoms with Crippen molar-refractivity contribution in [2.45, 2.75) is 32.9 Å². The van der Waals surface area contributed by atoms with Crippen LogP contribution in [-0.2, 0) is 6.54 Å². The zero-order chi connectivity index (χ0) is 22.9. The first-order chi connectivity index (χ1) is 16.0. The third-order valence-electron chi connectivity index (χ3n) is 5.95. The second kappa shape index (κ2) is 8.88. The molecule has 0 spiro atoms. The van der Waals surface area contributed by atoms with E-state index in [1.165, 1.54) is 0 Å². The third kappa shape index (κ3) is 4.07. The highest BCUT2D eigenvalue weighted by Gasteiger charge is 2.18. The van der Waals surface area contributed by atoms with Gasteiger partial charge in [-0.3, -0.25) is 19.3 Å². The van der Waals surface area contributed by atoms with Crippen molar-refractivity contribution >= 4 is 28.6 Å². The minimum Gasteiger partial charge on any atom is -0.350 e. The highest BCUT2D eigenvalue weighted by Crippen LogP contribution is 2.32. The van der Waals surface area contributed by atoms with Crippen LogP contribution in [0.15, 0.2) is 47.7 Å². The molecule has 1 aliphatic heterocycles. The predicted molar refractivity (Wildman–Crippen MR) is 131 cm³/mol. The Labute approximate surface area is 196 Å². The van der Waals surface area contributed by atoms with Crippen molar-refractivity contribution < 1.29 is 0 Å². The fourth-order valence-electron chi connectivity index (χ4n) is 4.25. The molecule has 4 heterocycles. The van der Waals surface area contributed by atoms with Crippen LogP contribution in [0.2, 0.25) is 5.02 Å². The lowest BCUT2D eigenvalue weighted by Gasteiger charge is -2.15. The highest BCUT2D eigenvalue weighted by molar-refractivity contribution is 6.33. The summed E-state index contributed by atoms with van der Waals surface area (Å²) in [5, 5.41) is 7.93. The van der Waals surface area contributed by atoms with Crippen LogP contribution >= 0.6 is 11.6 Å². The van der Waals surface area contributed by atoms with E-state index >= 15 is 0 Å². The van der Waals surface area contributed by atoms with Crippen LogP contribution in [-0.4, -0.2) is 43.6 Å². The van der Waals surface area contributed by atoms with Gasteiger partial charge in [0.25, 0.3) is 5.56 Å². The number of fused-ring (bicyclic) bond motifs is 1. The number of rotatable bonds is 5. The van der Waals surface area contributed by atoms with Gasteiger partial charge in [-0.15, -0.1) is 0 Å². The van der Waals surface area contributed by atoms with Crippen LogP contribution in [0.5, 0.6) is 0 Å². The zero-order valence-corrected chi connectivity index (χ0v) is 19.2. The molecule has 1 saturated heterocycles. The first-order valence-corrected chi connectivity index (χ1v) is 11.4. The fourth-order valence-corrected chi connectivity index (χ4v) is 4.53. The van der Waals surface area contributed by atoms with Gasteiger partial charge >= 0.3 is 0 Å². The summed E-state index contributed by atoms with van der Waals surface area (Å²) in [5.74, 6) is 0.535. The number of pyridine rings is 1. The van der Waals surface area contributed by atoms with Gasteiger partial charge in [-0.05, 0) is 38.9 Å². The molecule has 5 rings (SSSR count). The van der Waals surface area contributed by atoms with Gasteiger partial charge in [0.1, 0.15) is 5.65 Å². The highest BCUT2D eigenvalue weighted by atomic mass is 35.5. The smallest absolute Gasteiger partial charge is 0.260 e. The number of nitrogens with one attached hydrogen (secondary N) is 2. The van der Waals surface area contributed by atoms with E-state index in [-0.39, 0.29) is 5.56 Å². The molecule has 0 saturated carbocycles. The number of hydrogen-bond donors (Lipinski definition) is 2. The van der Waals surface area contributed by atoms with Gasteiger partial charge in [0, 0.05) is 64.8 Å². The van der Waals surface area contributed by atoms with Gasteiger partial charge in [-0.2, -0.15) is 4.98 Å². The Morgan fingerprint density at radius 3 is 2.76 bits per heavy atom. The van der Waals surface area contributed by atoms with Gasteiger partial charge in [0.05, 0.1) is 11.4 Å². The minimum absolute atomic E-state index is 0.137. The quantitative estimate of drug-likeness (QED) is 0.468. The maximum Gasteiger partial charge on any atom is 0.260 e. The van der Waals surface area contributed by atoms with Gasteiger partial charge < -0.3 is 10.6 Å². The summed E-state index contributed by atoms with van der Waals surface area (Å²) < 4.78 is 1.67. The van der Waals surface area contributed by atoms with Crippen LogP contribution < -0.4 is 16.2 Å². The van der Waals surface area contributed by atoms with Crippen molar-refractivity contribution in [3.8, 4) is 22.4 Å². The molecule has 1 atom stereocenters. The van der Waals surface area contributed by atoms with Crippen molar-refractivity contribution in [3.05, 3.63) is 63.9 Å². The van der Waals surface area contributed by atoms with Crippen LogP contribution in [0.4, 0.5) is 5.95 Å². The SMILES string of the molecule is CCn1c(=O)c(-c2ccc(-c3nccnc3C)cc2Cl)cc2cnc(NC3CCNC3)nc21. The molecule has 1 aliphatic rings. The average Bonchev–Trinajstić information content (AvgIpc) is 3.32. The molecule has 9 heteroatoms. The number of halogens is 1. The third-order valence-corrected chi connectivity index (χ3v) is 6.26. The molecule has 1 unspecified atom stereocenters. The van der Waals surface area contributed by atoms with Gasteiger partial charge in [0.2, 0.25) is 5.95 Å². The Hall–Kier alpha value is -3.36. The topological polar surface area (TPSA) is 97.6 Å². The molecule has 0 amide bonds. The largest absolute Gasteiger partial charge is 0.350 e. The van der Waals surface area contributed by atoms with E-state index in [0.717, 1.165) is 41.8 Å². The second-order valence-corrected chi connectivity index (χ2v) is 8.51. The molecule has 33 heavy (non-hydrogen) atoms. The average molecular weight is 462 g/mol. The Morgan fingerprint density at radius 2 is 2.03 bits per heavy atom. The number of nitrogens with zero attached hydrogens (tertiary/aromatic N) is 5. The molecule has 0 radical (unpaired) electrons. The van der Waals surface area contributed by atoms with E-state index in [0.29, 0.717) is 40.3 Å². The van der Waals surface area contributed by atoms with Crippen molar-refractivity contribution in [2.24, 2.45) is 0 Å². The van der Waals surface area contributed by atoms with E-state index in [1.54, 1.807) is 23.2 Å². The molecule has 4 aromatic rings. The number of anilines is 1. The van der Waals surface area contributed by atoms with Gasteiger partial charge in [-0.1, -0.05) is 23.7 Å². The standard InChI is InChI=1S/C24H24ClN7O/c1-3-32-22-16(12-29-24(31-22)30-17-6-7-26-13-17)10-19(23(32)33)18-5-4-15(11-20(18)25)21-14(2)27-8-9-28-21/h4-5,8-12,17,26H,3,6-7,13H2,1-2H3,(H,29,30,31). The monoisotopic (exact) mass is 461 g/mol. The Morgan fingerprint density at radius 1 is 1.18 bits per heavy atom. The molecular formula is C24H24ClN7O. The van der Waals surface area contributed by atoms with Crippen molar-refractivity contribution in [3.63, 3.8) is 0 Å². The van der Waals surface area contributed by atoms with Crippen LogP contribution in [0.3, 0.4) is 0 Å². The van der Waals surface area contributed by atoms with Gasteiger partial charge in [0.15, 0.2) is 0 Å². The summed E-state index contributed by atoms with van der Waals surface area (Å²) in [6.07, 6.45) is 6.08. The molecule has 2 N–H and O–H groups in total. The number of aromatic nitrogens is 5. The van der Waals surface area contributed by atoms with Crippen molar-refractivity contribution in [1.29, 1.82) is 0 Å². The number of benzene rings is 1. The minimum atomic E-state index is -0.137. The molecule has 1 aromatic carbocycles. The number of aryl methyl sites for hydroxylation is 2. The first kappa shape index (κ1) is 21.5. The van der Waals surface area contributed by atoms with Crippen LogP contribution in [0, 0.1) is 6.92 Å². The predicted octanol–water partition coefficient (Wildman–Crippen LogP) is 3.67. The summed E-state index contributed by atoms with van der Waals surface area (Å²) >= 11 is 6.66. The summed E-state index contributed by atoms with van der Waals surface area (Å²) in [4.78, 5) is 31.3. The lowest BCUT2D eigenvalue weighted by molar-refractivity contribution is 0.745. The molecular weight excluding hydrogens is 438 g/mol. The summed E-state index contributed by atoms with van der Waals surface area (Å²) in [5.41, 5.74) is 4.08. The summed E-state index contributed by atoms with van der Waals surface area (Å²) in [6.45, 7) is 6.18. The molecule has 168 valence electrons. The maximum absolute atomic E-state index is 13.4. The Kier molecular flexibility index (Phi) is 5.78. The van der Waals surface area contributed by atoms with E-state index in [4.69, 9.17) is 11.6 Å². The zero-order valence-electron chi connectivity index (χ0n) is 18.5. The van der Waals surface area contributed by atoms with E-state index in [2.05, 4.69) is 30.6 Å². The lowest BCUT2D eigenvalue weighted by atomic mass is 10.0. The Balaban J connectivity index is 1.57. The van der Waals surface area contributed by atoms with E-state index in [1.807, 2.05) is 38.1 Å². The Bertz CT molecular complexity index is 1400. The molecule has 1 fully saturated rings. The molecule has 8 nitrogen and oxygen atoms in total. The van der Waals surface area contributed by atoms with Crippen LogP contribution in [0.25, 0.3) is 33.4 Å². The number of hydrogen-bond acceptors (Lipinski definition) is 7. The summed E-state index contributed by atoms with van der Waals surface area (Å²) in [6, 6.07) is 7.71. The van der Waals surface area contributed by atoms with E-state index in [9.17, 15) is 4.79 Å². The first-order valence-electron chi connectivity index (χ1n) is 11.0. The second-order valence-electron chi connectivity index (χ2n) is 8.10. The van der Waals surface area contributed by atoms with Gasteiger partial charge in [-0.25, -0.2) is 4.98 Å². The van der Waals surface area contributed by atoms with Crippen LogP contribution in [0.1, 0.15) is 19.0 Å². The van der Waals surface area contributed by atoms with E-state index < -0.39 is 0 Å². The van der Waals surface area contributed by atoms with Crippen molar-refractivity contribution in [2.75, 3.05) is 18.4 Å². The fraction of sp³-hybridized carbons (Fsp3) is 0.292. The van der Waals surface area contributed by atoms with Crippen molar-refractivity contribution in [1.82, 2.24) is 29.8 Å².